The Labute approximate surface area is 220 Å². The van der Waals surface area contributed by atoms with Gasteiger partial charge in [-0.1, -0.05) is 12.1 Å². The molecule has 1 N–H and O–H groups in total. The van der Waals surface area contributed by atoms with Gasteiger partial charge in [-0.3, -0.25) is 9.59 Å². The second-order valence-corrected chi connectivity index (χ2v) is 10.9. The van der Waals surface area contributed by atoms with Gasteiger partial charge in [0.25, 0.3) is 11.8 Å². The lowest BCUT2D eigenvalue weighted by atomic mass is 10.0. The predicted octanol–water partition coefficient (Wildman–Crippen LogP) is 3.54. The number of nitrogens with one attached hydrogen (secondary N) is 1. The van der Waals surface area contributed by atoms with Crippen LogP contribution in [0.25, 0.3) is 10.8 Å². The molecule has 0 atom stereocenters. The number of rotatable bonds is 6. The summed E-state index contributed by atoms with van der Waals surface area (Å²) in [6.45, 7) is 5.25. The van der Waals surface area contributed by atoms with Crippen molar-refractivity contribution in [3.8, 4) is 0 Å². The number of anilines is 2. The van der Waals surface area contributed by atoms with Crippen molar-refractivity contribution < 1.29 is 27.5 Å². The molecule has 3 amide bonds. The van der Waals surface area contributed by atoms with E-state index in [4.69, 9.17) is 4.74 Å². The van der Waals surface area contributed by atoms with Gasteiger partial charge in [0.1, 0.15) is 0 Å². The lowest BCUT2D eigenvalue weighted by Crippen LogP contribution is -2.50. The number of nitrogens with zero attached hydrogens (tertiary/aromatic N) is 3. The van der Waals surface area contributed by atoms with Gasteiger partial charge in [-0.2, -0.15) is 4.31 Å². The largest absolute Gasteiger partial charge is 0.450 e. The Morgan fingerprint density at radius 3 is 2.32 bits per heavy atom. The van der Waals surface area contributed by atoms with Crippen LogP contribution in [-0.2, 0) is 14.8 Å². The van der Waals surface area contributed by atoms with Crippen molar-refractivity contribution in [2.75, 3.05) is 49.5 Å². The number of amides is 3. The highest BCUT2D eigenvalue weighted by atomic mass is 32.2. The standard InChI is InChI=1S/C27H28N4O6S/c1-3-31-23-13-12-22(20-6-5-7-21(24(20)23)26(31)33)28-25(32)18-8-10-19(11-9-18)38(35,36)30-16-14-29(15-17-30)27(34)37-4-2/h5-13H,3-4,14-17H2,1-2H3,(H,28,32). The molecule has 0 unspecified atom stereocenters. The summed E-state index contributed by atoms with van der Waals surface area (Å²) in [5.74, 6) is -0.454. The molecule has 2 heterocycles. The van der Waals surface area contributed by atoms with Gasteiger partial charge in [0.15, 0.2) is 0 Å². The first-order valence-electron chi connectivity index (χ1n) is 12.5. The topological polar surface area (TPSA) is 116 Å². The van der Waals surface area contributed by atoms with Gasteiger partial charge in [0, 0.05) is 60.3 Å². The quantitative estimate of drug-likeness (QED) is 0.515. The van der Waals surface area contributed by atoms with Crippen molar-refractivity contribution in [1.29, 1.82) is 0 Å². The first kappa shape index (κ1) is 25.7. The molecule has 0 saturated carbocycles. The van der Waals surface area contributed by atoms with Crippen LogP contribution in [-0.4, -0.2) is 74.9 Å². The van der Waals surface area contributed by atoms with Crippen LogP contribution in [0.4, 0.5) is 16.2 Å². The Balaban J connectivity index is 1.31. The second-order valence-electron chi connectivity index (χ2n) is 8.98. The van der Waals surface area contributed by atoms with E-state index in [2.05, 4.69) is 5.32 Å². The summed E-state index contributed by atoms with van der Waals surface area (Å²) < 4.78 is 32.5. The summed E-state index contributed by atoms with van der Waals surface area (Å²) in [6, 6.07) is 14.8. The zero-order valence-electron chi connectivity index (χ0n) is 21.1. The van der Waals surface area contributed by atoms with Gasteiger partial charge in [-0.05, 0) is 56.3 Å². The first-order chi connectivity index (χ1) is 18.3. The minimum atomic E-state index is -3.78. The molecular weight excluding hydrogens is 508 g/mol. The van der Waals surface area contributed by atoms with Gasteiger partial charge in [-0.25, -0.2) is 13.2 Å². The van der Waals surface area contributed by atoms with E-state index in [-0.39, 0.29) is 43.6 Å². The minimum absolute atomic E-state index is 0.0596. The molecule has 1 fully saturated rings. The van der Waals surface area contributed by atoms with E-state index < -0.39 is 22.0 Å². The number of carbonyl (C=O) groups is 3. The fourth-order valence-corrected chi connectivity index (χ4v) is 6.34. The van der Waals surface area contributed by atoms with Crippen molar-refractivity contribution in [3.05, 3.63) is 65.7 Å². The van der Waals surface area contributed by atoms with Gasteiger partial charge < -0.3 is 19.9 Å². The Morgan fingerprint density at radius 2 is 1.66 bits per heavy atom. The molecule has 0 aliphatic carbocycles. The van der Waals surface area contributed by atoms with Crippen molar-refractivity contribution in [2.45, 2.75) is 18.7 Å². The highest BCUT2D eigenvalue weighted by molar-refractivity contribution is 7.89. The average molecular weight is 537 g/mol. The van der Waals surface area contributed by atoms with Gasteiger partial charge in [0.2, 0.25) is 10.0 Å². The molecule has 2 aliphatic heterocycles. The number of benzene rings is 3. The molecule has 38 heavy (non-hydrogen) atoms. The number of carbonyl (C=O) groups excluding carboxylic acids is 3. The van der Waals surface area contributed by atoms with E-state index in [0.29, 0.717) is 23.4 Å². The summed E-state index contributed by atoms with van der Waals surface area (Å²) in [5.41, 5.74) is 2.29. The van der Waals surface area contributed by atoms with Crippen molar-refractivity contribution in [2.24, 2.45) is 0 Å². The maximum absolute atomic E-state index is 13.1. The summed E-state index contributed by atoms with van der Waals surface area (Å²) in [5, 5.41) is 4.47. The normalized spacial score (nSPS) is 15.7. The van der Waals surface area contributed by atoms with Crippen LogP contribution >= 0.6 is 0 Å². The molecule has 2 aliphatic rings. The SMILES string of the molecule is CCOC(=O)N1CCN(S(=O)(=O)c2ccc(C(=O)Nc3ccc4c5c(cccc35)C(=O)N4CC)cc2)CC1. The molecule has 3 aromatic carbocycles. The zero-order valence-corrected chi connectivity index (χ0v) is 22.0. The third-order valence-electron chi connectivity index (χ3n) is 6.87. The molecular formula is C27H28N4O6S. The smallest absolute Gasteiger partial charge is 0.409 e. The number of piperazine rings is 1. The molecule has 198 valence electrons. The second kappa shape index (κ2) is 10.1. The van der Waals surface area contributed by atoms with E-state index in [1.54, 1.807) is 30.0 Å². The predicted molar refractivity (Wildman–Crippen MR) is 143 cm³/mol. The van der Waals surface area contributed by atoms with Crippen LogP contribution < -0.4 is 10.2 Å². The fraction of sp³-hybridized carbons (Fsp3) is 0.296. The molecule has 10 nitrogen and oxygen atoms in total. The van der Waals surface area contributed by atoms with Gasteiger partial charge >= 0.3 is 6.09 Å². The van der Waals surface area contributed by atoms with Crippen LogP contribution in [0.2, 0.25) is 0 Å². The van der Waals surface area contributed by atoms with Gasteiger partial charge in [0.05, 0.1) is 17.2 Å². The van der Waals surface area contributed by atoms with Crippen molar-refractivity contribution in [1.82, 2.24) is 9.21 Å². The number of hydrogen-bond donors (Lipinski definition) is 1. The third kappa shape index (κ3) is 4.37. The lowest BCUT2D eigenvalue weighted by molar-refractivity contribution is 0.0933. The number of ether oxygens (including phenoxy) is 1. The zero-order chi connectivity index (χ0) is 27.0. The van der Waals surface area contributed by atoms with E-state index in [0.717, 1.165) is 16.5 Å². The Morgan fingerprint density at radius 1 is 0.947 bits per heavy atom. The minimum Gasteiger partial charge on any atom is -0.450 e. The van der Waals surface area contributed by atoms with Crippen molar-refractivity contribution in [3.63, 3.8) is 0 Å². The molecule has 3 aromatic rings. The van der Waals surface area contributed by atoms with E-state index in [1.165, 1.54) is 33.5 Å². The summed E-state index contributed by atoms with van der Waals surface area (Å²) in [7, 11) is -3.78. The lowest BCUT2D eigenvalue weighted by Gasteiger charge is -2.33. The third-order valence-corrected chi connectivity index (χ3v) is 8.78. The summed E-state index contributed by atoms with van der Waals surface area (Å²) in [4.78, 5) is 40.9. The van der Waals surface area contributed by atoms with Crippen LogP contribution in [0.15, 0.2) is 59.5 Å². The molecule has 0 bridgehead atoms. The average Bonchev–Trinajstić information content (AvgIpc) is 3.22. The summed E-state index contributed by atoms with van der Waals surface area (Å²) >= 11 is 0. The first-order valence-corrected chi connectivity index (χ1v) is 13.9. The van der Waals surface area contributed by atoms with Crippen LogP contribution in [0.3, 0.4) is 0 Å². The van der Waals surface area contributed by atoms with Crippen molar-refractivity contribution >= 4 is 50.1 Å². The Kier molecular flexibility index (Phi) is 6.80. The summed E-state index contributed by atoms with van der Waals surface area (Å²) in [6.07, 6.45) is -0.450. The monoisotopic (exact) mass is 536 g/mol. The molecule has 0 radical (unpaired) electrons. The maximum atomic E-state index is 13.1. The van der Waals surface area contributed by atoms with E-state index >= 15 is 0 Å². The number of hydrogen-bond acceptors (Lipinski definition) is 6. The maximum Gasteiger partial charge on any atom is 0.409 e. The highest BCUT2D eigenvalue weighted by Gasteiger charge is 2.31. The van der Waals surface area contributed by atoms with Gasteiger partial charge in [-0.15, -0.1) is 0 Å². The fourth-order valence-electron chi connectivity index (χ4n) is 4.92. The Hall–Kier alpha value is -3.96. The van der Waals surface area contributed by atoms with Crippen LogP contribution in [0.1, 0.15) is 34.6 Å². The molecule has 0 aromatic heterocycles. The number of sulfonamides is 1. The van der Waals surface area contributed by atoms with Crippen LogP contribution in [0, 0.1) is 0 Å². The van der Waals surface area contributed by atoms with E-state index in [1.807, 2.05) is 19.1 Å². The van der Waals surface area contributed by atoms with Crippen LogP contribution in [0.5, 0.6) is 0 Å². The molecule has 1 saturated heterocycles. The highest BCUT2D eigenvalue weighted by Crippen LogP contribution is 2.40. The Bertz CT molecular complexity index is 1530. The molecule has 0 spiro atoms. The molecule has 5 rings (SSSR count). The van der Waals surface area contributed by atoms with E-state index in [9.17, 15) is 22.8 Å². The molecule has 11 heteroatoms.